The van der Waals surface area contributed by atoms with Gasteiger partial charge in [0.2, 0.25) is 11.8 Å². The monoisotopic (exact) mass is 369 g/mol. The molecule has 0 aliphatic carbocycles. The first-order chi connectivity index (χ1) is 12.7. The van der Waals surface area contributed by atoms with Crippen LogP contribution in [-0.2, 0) is 4.79 Å². The minimum absolute atomic E-state index is 0.0522. The van der Waals surface area contributed by atoms with Crippen molar-refractivity contribution in [3.63, 3.8) is 0 Å². The molecule has 0 spiro atoms. The smallest absolute Gasteiger partial charge is 0.231 e. The van der Waals surface area contributed by atoms with Crippen molar-refractivity contribution in [1.82, 2.24) is 15.4 Å². The summed E-state index contributed by atoms with van der Waals surface area (Å²) in [4.78, 5) is 15.8. The van der Waals surface area contributed by atoms with Gasteiger partial charge in [-0.1, -0.05) is 11.2 Å². The van der Waals surface area contributed by atoms with E-state index in [1.165, 1.54) is 0 Å². The van der Waals surface area contributed by atoms with Crippen LogP contribution >= 0.6 is 11.3 Å². The fraction of sp³-hybridized carbons (Fsp3) is 0.333. The predicted octanol–water partition coefficient (Wildman–Crippen LogP) is 3.36. The number of anilines is 2. The van der Waals surface area contributed by atoms with Crippen molar-refractivity contribution in [2.24, 2.45) is 5.92 Å². The fourth-order valence-corrected chi connectivity index (χ4v) is 3.74. The molecular weight excluding hydrogens is 350 g/mol. The molecule has 1 atom stereocenters. The fourth-order valence-electron chi connectivity index (χ4n) is 3.06. The van der Waals surface area contributed by atoms with Crippen molar-refractivity contribution in [2.45, 2.75) is 19.8 Å². The predicted molar refractivity (Wildman–Crippen MR) is 100 cm³/mol. The molecule has 1 saturated heterocycles. The maximum atomic E-state index is 12.6. The molecule has 0 radical (unpaired) electrons. The minimum Gasteiger partial charge on any atom is -0.354 e. The van der Waals surface area contributed by atoms with E-state index in [4.69, 9.17) is 4.52 Å². The van der Waals surface area contributed by atoms with E-state index in [1.54, 1.807) is 17.4 Å². The third kappa shape index (κ3) is 3.60. The second-order valence-electron chi connectivity index (χ2n) is 6.36. The van der Waals surface area contributed by atoms with Crippen molar-refractivity contribution < 1.29 is 9.32 Å². The zero-order valence-electron chi connectivity index (χ0n) is 14.4. The molecule has 1 N–H and O–H groups in total. The maximum absolute atomic E-state index is 12.6. The Morgan fingerprint density at radius 3 is 3.04 bits per heavy atom. The first-order valence-corrected chi connectivity index (χ1v) is 9.44. The summed E-state index contributed by atoms with van der Waals surface area (Å²) in [5.74, 6) is 1.02. The van der Waals surface area contributed by atoms with E-state index >= 15 is 0 Å². The molecule has 0 aromatic carbocycles. The van der Waals surface area contributed by atoms with Crippen molar-refractivity contribution in [3.8, 4) is 10.6 Å². The number of hydrogen-bond acceptors (Lipinski definition) is 7. The molecule has 4 rings (SSSR count). The molecule has 134 valence electrons. The first kappa shape index (κ1) is 16.7. The third-order valence-electron chi connectivity index (χ3n) is 4.43. The maximum Gasteiger partial charge on any atom is 0.231 e. The Labute approximate surface area is 155 Å². The molecule has 7 nitrogen and oxygen atoms in total. The number of aryl methyl sites for hydroxylation is 1. The molecule has 3 aromatic heterocycles. The van der Waals surface area contributed by atoms with Gasteiger partial charge in [0.25, 0.3) is 0 Å². The quantitative estimate of drug-likeness (QED) is 0.759. The van der Waals surface area contributed by atoms with Crippen LogP contribution in [0.2, 0.25) is 0 Å². The lowest BCUT2D eigenvalue weighted by molar-refractivity contribution is -0.120. The Kier molecular flexibility index (Phi) is 4.66. The van der Waals surface area contributed by atoms with Gasteiger partial charge in [0, 0.05) is 19.2 Å². The lowest BCUT2D eigenvalue weighted by Crippen LogP contribution is -2.41. The molecule has 1 unspecified atom stereocenters. The van der Waals surface area contributed by atoms with Crippen LogP contribution in [0.5, 0.6) is 0 Å². The van der Waals surface area contributed by atoms with Crippen LogP contribution in [0.1, 0.15) is 18.5 Å². The number of nitrogens with one attached hydrogen (secondary N) is 1. The Hall–Kier alpha value is -2.74. The van der Waals surface area contributed by atoms with Gasteiger partial charge >= 0.3 is 0 Å². The molecule has 1 aliphatic rings. The third-order valence-corrected chi connectivity index (χ3v) is 5.32. The number of carbonyl (C=O) groups excluding carboxylic acids is 1. The normalized spacial score (nSPS) is 17.3. The van der Waals surface area contributed by atoms with Gasteiger partial charge in [0.1, 0.15) is 5.69 Å². The van der Waals surface area contributed by atoms with Crippen LogP contribution in [0, 0.1) is 12.8 Å². The summed E-state index contributed by atoms with van der Waals surface area (Å²) in [7, 11) is 0. The number of nitrogens with zero attached hydrogens (tertiary/aromatic N) is 4. The zero-order chi connectivity index (χ0) is 17.9. The molecule has 0 saturated carbocycles. The van der Waals surface area contributed by atoms with Gasteiger partial charge in [0.15, 0.2) is 5.82 Å². The van der Waals surface area contributed by atoms with E-state index < -0.39 is 0 Å². The van der Waals surface area contributed by atoms with Crippen LogP contribution < -0.4 is 10.2 Å². The Bertz CT molecular complexity index is 875. The van der Waals surface area contributed by atoms with Gasteiger partial charge < -0.3 is 9.42 Å². The summed E-state index contributed by atoms with van der Waals surface area (Å²) in [5.41, 5.74) is 1.61. The number of rotatable bonds is 4. The Balaban J connectivity index is 1.40. The van der Waals surface area contributed by atoms with Crippen LogP contribution in [0.15, 0.2) is 40.2 Å². The van der Waals surface area contributed by atoms with Crippen molar-refractivity contribution in [1.29, 1.82) is 0 Å². The highest BCUT2D eigenvalue weighted by Crippen LogP contribution is 2.27. The van der Waals surface area contributed by atoms with E-state index in [0.717, 1.165) is 41.5 Å². The first-order valence-electron chi connectivity index (χ1n) is 8.56. The average molecular weight is 369 g/mol. The molecule has 1 amide bonds. The SMILES string of the molecule is Cc1ccc(N2CCCC(C(=O)Nc3cc(-c4cccs4)no3)C2)nn1. The van der Waals surface area contributed by atoms with Crippen LogP contribution in [0.3, 0.4) is 0 Å². The van der Waals surface area contributed by atoms with Gasteiger partial charge in [-0.2, -0.15) is 5.10 Å². The standard InChI is InChI=1S/C18H19N5O2S/c1-12-6-7-16(21-20-12)23-8-2-4-13(11-23)18(24)19-17-10-14(22-25-17)15-5-3-9-26-15/h3,5-7,9-10,13H,2,4,8,11H2,1H3,(H,19,24). The van der Waals surface area contributed by atoms with Crippen molar-refractivity contribution in [2.75, 3.05) is 23.3 Å². The van der Waals surface area contributed by atoms with Gasteiger partial charge in [-0.3, -0.25) is 10.1 Å². The van der Waals surface area contributed by atoms with Crippen molar-refractivity contribution in [3.05, 3.63) is 41.4 Å². The van der Waals surface area contributed by atoms with Gasteiger partial charge in [-0.05, 0) is 43.3 Å². The summed E-state index contributed by atoms with van der Waals surface area (Å²) >= 11 is 1.58. The van der Waals surface area contributed by atoms with Crippen LogP contribution in [-0.4, -0.2) is 34.4 Å². The summed E-state index contributed by atoms with van der Waals surface area (Å²) in [5, 5.41) is 17.2. The topological polar surface area (TPSA) is 84.2 Å². The van der Waals surface area contributed by atoms with E-state index in [1.807, 2.05) is 36.6 Å². The summed E-state index contributed by atoms with van der Waals surface area (Å²) in [6, 6.07) is 9.57. The molecule has 0 bridgehead atoms. The number of carbonyl (C=O) groups is 1. The summed E-state index contributed by atoms with van der Waals surface area (Å²) in [6.45, 7) is 3.41. The van der Waals surface area contributed by atoms with Gasteiger partial charge in [-0.15, -0.1) is 16.4 Å². The van der Waals surface area contributed by atoms with E-state index in [9.17, 15) is 4.79 Å². The molecule has 3 aromatic rings. The number of hydrogen-bond donors (Lipinski definition) is 1. The molecular formula is C18H19N5O2S. The minimum atomic E-state index is -0.123. The second kappa shape index (κ2) is 7.25. The Morgan fingerprint density at radius 2 is 2.27 bits per heavy atom. The largest absolute Gasteiger partial charge is 0.354 e. The van der Waals surface area contributed by atoms with Gasteiger partial charge in [-0.25, -0.2) is 0 Å². The molecule has 26 heavy (non-hydrogen) atoms. The van der Waals surface area contributed by atoms with E-state index in [0.29, 0.717) is 12.4 Å². The number of amides is 1. The number of piperidine rings is 1. The summed E-state index contributed by atoms with van der Waals surface area (Å²) in [6.07, 6.45) is 1.78. The Morgan fingerprint density at radius 1 is 1.35 bits per heavy atom. The second-order valence-corrected chi connectivity index (χ2v) is 7.31. The van der Waals surface area contributed by atoms with Gasteiger partial charge in [0.05, 0.1) is 16.5 Å². The van der Waals surface area contributed by atoms with Crippen LogP contribution in [0.25, 0.3) is 10.6 Å². The van der Waals surface area contributed by atoms with Crippen molar-refractivity contribution >= 4 is 28.9 Å². The molecule has 1 fully saturated rings. The highest BCUT2D eigenvalue weighted by atomic mass is 32.1. The lowest BCUT2D eigenvalue weighted by Gasteiger charge is -2.32. The highest BCUT2D eigenvalue weighted by molar-refractivity contribution is 7.13. The zero-order valence-corrected chi connectivity index (χ0v) is 15.2. The number of aromatic nitrogens is 3. The highest BCUT2D eigenvalue weighted by Gasteiger charge is 2.27. The molecule has 1 aliphatic heterocycles. The molecule has 4 heterocycles. The van der Waals surface area contributed by atoms with Crippen LogP contribution in [0.4, 0.5) is 11.7 Å². The summed E-state index contributed by atoms with van der Waals surface area (Å²) < 4.78 is 5.26. The van der Waals surface area contributed by atoms with E-state index in [-0.39, 0.29) is 11.8 Å². The average Bonchev–Trinajstić information content (AvgIpc) is 3.34. The number of thiophene rings is 1. The lowest BCUT2D eigenvalue weighted by atomic mass is 9.97. The molecule has 8 heteroatoms. The van der Waals surface area contributed by atoms with E-state index in [2.05, 4.69) is 25.6 Å².